The lowest BCUT2D eigenvalue weighted by Crippen LogP contribution is -1.99. The van der Waals surface area contributed by atoms with Crippen LogP contribution >= 0.6 is 12.0 Å². The number of carboxylic acid groups (broad SMARTS) is 1. The van der Waals surface area contributed by atoms with Gasteiger partial charge in [-0.25, -0.2) is 4.79 Å². The zero-order valence-electron chi connectivity index (χ0n) is 7.90. The SMILES string of the molecule is CCCSOc1ccccc1C(=O)O. The van der Waals surface area contributed by atoms with E-state index in [0.717, 1.165) is 12.2 Å². The van der Waals surface area contributed by atoms with Gasteiger partial charge in [-0.2, -0.15) is 0 Å². The lowest BCUT2D eigenvalue weighted by Gasteiger charge is -2.05. The van der Waals surface area contributed by atoms with Gasteiger partial charge >= 0.3 is 5.97 Å². The number of carbonyl (C=O) groups is 1. The van der Waals surface area contributed by atoms with Crippen LogP contribution in [0.25, 0.3) is 0 Å². The van der Waals surface area contributed by atoms with Crippen LogP contribution in [0.5, 0.6) is 5.75 Å². The van der Waals surface area contributed by atoms with Gasteiger partial charge in [-0.1, -0.05) is 19.1 Å². The largest absolute Gasteiger partial charge is 0.478 e. The zero-order valence-corrected chi connectivity index (χ0v) is 8.71. The Bertz CT molecular complexity index is 312. The summed E-state index contributed by atoms with van der Waals surface area (Å²) in [6.07, 6.45) is 1.000. The number of rotatable bonds is 5. The maximum absolute atomic E-state index is 10.8. The molecule has 1 N–H and O–H groups in total. The van der Waals surface area contributed by atoms with Gasteiger partial charge in [0.15, 0.2) is 5.75 Å². The van der Waals surface area contributed by atoms with E-state index in [9.17, 15) is 4.79 Å². The first-order valence-corrected chi connectivity index (χ1v) is 5.28. The first kappa shape index (κ1) is 10.9. The lowest BCUT2D eigenvalue weighted by molar-refractivity contribution is 0.0695. The predicted molar refractivity (Wildman–Crippen MR) is 56.8 cm³/mol. The third-order valence-electron chi connectivity index (χ3n) is 1.55. The summed E-state index contributed by atoms with van der Waals surface area (Å²) in [6.45, 7) is 2.04. The van der Waals surface area contributed by atoms with Crippen molar-refractivity contribution >= 4 is 18.0 Å². The first-order chi connectivity index (χ1) is 6.75. The number of para-hydroxylation sites is 1. The van der Waals surface area contributed by atoms with Crippen LogP contribution in [0.2, 0.25) is 0 Å². The van der Waals surface area contributed by atoms with E-state index in [4.69, 9.17) is 9.29 Å². The van der Waals surface area contributed by atoms with Crippen molar-refractivity contribution in [3.63, 3.8) is 0 Å². The summed E-state index contributed by atoms with van der Waals surface area (Å²) >= 11 is 1.27. The van der Waals surface area contributed by atoms with E-state index in [1.165, 1.54) is 18.1 Å². The molecular weight excluding hydrogens is 200 g/mol. The molecule has 0 saturated heterocycles. The van der Waals surface area contributed by atoms with Crippen LogP contribution in [-0.2, 0) is 0 Å². The van der Waals surface area contributed by atoms with Gasteiger partial charge in [-0.05, 0) is 18.6 Å². The predicted octanol–water partition coefficient (Wildman–Crippen LogP) is 2.82. The van der Waals surface area contributed by atoms with Crippen LogP contribution < -0.4 is 4.18 Å². The minimum absolute atomic E-state index is 0.205. The smallest absolute Gasteiger partial charge is 0.339 e. The number of aromatic carboxylic acids is 1. The molecular formula is C10H12O3S. The van der Waals surface area contributed by atoms with Crippen molar-refractivity contribution < 1.29 is 14.1 Å². The molecule has 0 unspecified atom stereocenters. The molecule has 1 rings (SSSR count). The molecule has 0 aliphatic heterocycles. The molecule has 0 fully saturated rings. The van der Waals surface area contributed by atoms with Gasteiger partial charge in [0.05, 0.1) is 12.0 Å². The third kappa shape index (κ3) is 2.96. The quantitative estimate of drug-likeness (QED) is 0.602. The average molecular weight is 212 g/mol. The second kappa shape index (κ2) is 5.54. The fourth-order valence-electron chi connectivity index (χ4n) is 0.904. The Balaban J connectivity index is 2.69. The summed E-state index contributed by atoms with van der Waals surface area (Å²) in [5.74, 6) is 0.310. The molecule has 0 amide bonds. The fraction of sp³-hybridized carbons (Fsp3) is 0.300. The lowest BCUT2D eigenvalue weighted by atomic mass is 10.2. The summed E-state index contributed by atoms with van der Waals surface area (Å²) < 4.78 is 5.27. The highest BCUT2D eigenvalue weighted by atomic mass is 32.2. The Labute approximate surface area is 87.3 Å². The number of benzene rings is 1. The molecule has 0 heterocycles. The van der Waals surface area contributed by atoms with Crippen LogP contribution in [0.15, 0.2) is 24.3 Å². The maximum atomic E-state index is 10.8. The normalized spacial score (nSPS) is 9.79. The Morgan fingerprint density at radius 3 is 2.86 bits per heavy atom. The van der Waals surface area contributed by atoms with Gasteiger partial charge < -0.3 is 9.29 Å². The minimum atomic E-state index is -0.960. The van der Waals surface area contributed by atoms with Crippen LogP contribution in [-0.4, -0.2) is 16.8 Å². The molecule has 76 valence electrons. The average Bonchev–Trinajstić information content (AvgIpc) is 2.19. The van der Waals surface area contributed by atoms with E-state index < -0.39 is 5.97 Å². The number of hydrogen-bond acceptors (Lipinski definition) is 3. The summed E-state index contributed by atoms with van der Waals surface area (Å²) in [5, 5.41) is 8.83. The van der Waals surface area contributed by atoms with Gasteiger partial charge in [-0.15, -0.1) is 0 Å². The third-order valence-corrected chi connectivity index (χ3v) is 2.43. The molecule has 0 aromatic heterocycles. The van der Waals surface area contributed by atoms with Crippen molar-refractivity contribution in [2.45, 2.75) is 13.3 Å². The van der Waals surface area contributed by atoms with Crippen molar-refractivity contribution in [2.24, 2.45) is 0 Å². The number of carboxylic acids is 1. The number of hydrogen-bond donors (Lipinski definition) is 1. The Kier molecular flexibility index (Phi) is 4.32. The monoisotopic (exact) mass is 212 g/mol. The molecule has 0 saturated carbocycles. The van der Waals surface area contributed by atoms with Crippen LogP contribution in [0.3, 0.4) is 0 Å². The van der Waals surface area contributed by atoms with Crippen molar-refractivity contribution in [1.29, 1.82) is 0 Å². The summed E-state index contributed by atoms with van der Waals surface area (Å²) in [7, 11) is 0. The molecule has 4 heteroatoms. The van der Waals surface area contributed by atoms with Gasteiger partial charge in [0, 0.05) is 5.75 Å². The minimum Gasteiger partial charge on any atom is -0.478 e. The van der Waals surface area contributed by atoms with Crippen molar-refractivity contribution in [3.8, 4) is 5.75 Å². The Morgan fingerprint density at radius 2 is 2.21 bits per heavy atom. The molecule has 0 spiro atoms. The molecule has 0 aliphatic rings. The molecule has 1 aromatic rings. The maximum Gasteiger partial charge on any atom is 0.339 e. The summed E-state index contributed by atoms with van der Waals surface area (Å²) in [6, 6.07) is 6.63. The topological polar surface area (TPSA) is 46.5 Å². The van der Waals surface area contributed by atoms with Gasteiger partial charge in [-0.3, -0.25) is 0 Å². The molecule has 0 aliphatic carbocycles. The Morgan fingerprint density at radius 1 is 1.50 bits per heavy atom. The molecule has 3 nitrogen and oxygen atoms in total. The van der Waals surface area contributed by atoms with Crippen molar-refractivity contribution in [3.05, 3.63) is 29.8 Å². The van der Waals surface area contributed by atoms with Gasteiger partial charge in [0.1, 0.15) is 5.56 Å². The van der Waals surface area contributed by atoms with Crippen molar-refractivity contribution in [1.82, 2.24) is 0 Å². The van der Waals surface area contributed by atoms with E-state index in [1.54, 1.807) is 18.2 Å². The first-order valence-electron chi connectivity index (χ1n) is 4.37. The standard InChI is InChI=1S/C10H12O3S/c1-2-7-14-13-9-6-4-3-5-8(9)10(11)12/h3-6H,2,7H2,1H3,(H,11,12). The van der Waals surface area contributed by atoms with Crippen molar-refractivity contribution in [2.75, 3.05) is 5.75 Å². The zero-order chi connectivity index (χ0) is 10.4. The van der Waals surface area contributed by atoms with Gasteiger partial charge in [0.2, 0.25) is 0 Å². The molecule has 1 aromatic carbocycles. The van der Waals surface area contributed by atoms with Gasteiger partial charge in [0.25, 0.3) is 0 Å². The van der Waals surface area contributed by atoms with E-state index in [0.29, 0.717) is 5.75 Å². The van der Waals surface area contributed by atoms with E-state index in [2.05, 4.69) is 0 Å². The van der Waals surface area contributed by atoms with E-state index in [1.807, 2.05) is 6.92 Å². The Hall–Kier alpha value is -1.16. The van der Waals surface area contributed by atoms with Crippen LogP contribution in [0.1, 0.15) is 23.7 Å². The highest BCUT2D eigenvalue weighted by Crippen LogP contribution is 2.22. The molecule has 14 heavy (non-hydrogen) atoms. The molecule has 0 atom stereocenters. The van der Waals surface area contributed by atoms with E-state index in [-0.39, 0.29) is 5.56 Å². The highest BCUT2D eigenvalue weighted by molar-refractivity contribution is 7.95. The summed E-state index contributed by atoms with van der Waals surface area (Å²) in [4.78, 5) is 10.8. The van der Waals surface area contributed by atoms with E-state index >= 15 is 0 Å². The second-order valence-corrected chi connectivity index (χ2v) is 3.52. The van der Waals surface area contributed by atoms with Crippen LogP contribution in [0.4, 0.5) is 0 Å². The summed E-state index contributed by atoms with van der Waals surface area (Å²) in [5.41, 5.74) is 0.205. The second-order valence-electron chi connectivity index (χ2n) is 2.71. The molecule has 0 bridgehead atoms. The molecule has 0 radical (unpaired) electrons. The van der Waals surface area contributed by atoms with Crippen LogP contribution in [0, 0.1) is 0 Å². The fourth-order valence-corrected chi connectivity index (χ4v) is 1.43. The highest BCUT2D eigenvalue weighted by Gasteiger charge is 2.09.